The van der Waals surface area contributed by atoms with Crippen LogP contribution >= 0.6 is 15.8 Å². The van der Waals surface area contributed by atoms with Gasteiger partial charge in [-0.15, -0.1) is 0 Å². The van der Waals surface area contributed by atoms with Crippen LogP contribution in [0.2, 0.25) is 0 Å². The maximum absolute atomic E-state index is 2.45. The summed E-state index contributed by atoms with van der Waals surface area (Å²) in [5.74, 6) is 0. The topological polar surface area (TPSA) is 0 Å². The van der Waals surface area contributed by atoms with Crippen molar-refractivity contribution in [3.05, 3.63) is 59.7 Å². The van der Waals surface area contributed by atoms with Crippen molar-refractivity contribution in [3.8, 4) is 0 Å². The Kier molecular flexibility index (Phi) is 3.77. The highest BCUT2D eigenvalue weighted by molar-refractivity contribution is 7.74. The molecular formula is C22H28P2. The molecular weight excluding hydrogens is 326 g/mol. The fourth-order valence-corrected chi connectivity index (χ4v) is 12.0. The highest BCUT2D eigenvalue weighted by Gasteiger charge is 2.55. The molecule has 24 heavy (non-hydrogen) atoms. The summed E-state index contributed by atoms with van der Waals surface area (Å²) in [5.41, 5.74) is 4.82. The van der Waals surface area contributed by atoms with Crippen molar-refractivity contribution in [1.29, 1.82) is 0 Å². The van der Waals surface area contributed by atoms with Gasteiger partial charge in [-0.25, -0.2) is 0 Å². The first-order valence-electron chi connectivity index (χ1n) is 8.98. The van der Waals surface area contributed by atoms with Crippen molar-refractivity contribution in [3.63, 3.8) is 0 Å². The first-order valence-corrected chi connectivity index (χ1v) is 11.8. The van der Waals surface area contributed by atoms with Gasteiger partial charge in [0.25, 0.3) is 0 Å². The molecule has 0 saturated heterocycles. The van der Waals surface area contributed by atoms with Crippen LogP contribution in [0, 0.1) is 0 Å². The van der Waals surface area contributed by atoms with Crippen LogP contribution in [0.25, 0.3) is 0 Å². The Bertz CT molecular complexity index is 712. The third-order valence-corrected chi connectivity index (χ3v) is 12.6. The predicted octanol–water partition coefficient (Wildman–Crippen LogP) is 6.31. The second-order valence-corrected chi connectivity index (χ2v) is 15.3. The fraction of sp³-hybridized carbons (Fsp3) is 0.455. The van der Waals surface area contributed by atoms with Gasteiger partial charge < -0.3 is 0 Å². The minimum atomic E-state index is -0.0941. The molecule has 0 spiro atoms. The minimum absolute atomic E-state index is 0.0941. The summed E-state index contributed by atoms with van der Waals surface area (Å²) in [4.78, 5) is 0. The SMILES string of the molecule is CC(C)(C)[P@]1c2ccccc2[C@@H]1[C@H]1c2ccccc2[P@@]1C(C)(C)C. The van der Waals surface area contributed by atoms with Gasteiger partial charge in [-0.3, -0.25) is 0 Å². The number of hydrogen-bond acceptors (Lipinski definition) is 0. The van der Waals surface area contributed by atoms with E-state index in [9.17, 15) is 0 Å². The fourth-order valence-electron chi connectivity index (χ4n) is 4.54. The molecule has 0 aliphatic carbocycles. The van der Waals surface area contributed by atoms with Crippen LogP contribution in [0.15, 0.2) is 48.5 Å². The van der Waals surface area contributed by atoms with E-state index in [0.29, 0.717) is 10.3 Å². The van der Waals surface area contributed by atoms with Gasteiger partial charge in [0.15, 0.2) is 0 Å². The number of rotatable bonds is 1. The van der Waals surface area contributed by atoms with Gasteiger partial charge in [0.2, 0.25) is 0 Å². The molecule has 4 rings (SSSR count). The van der Waals surface area contributed by atoms with Crippen LogP contribution in [0.4, 0.5) is 0 Å². The van der Waals surface area contributed by atoms with E-state index in [1.807, 2.05) is 0 Å². The number of fused-ring (bicyclic) bond motifs is 2. The molecule has 0 bridgehead atoms. The van der Waals surface area contributed by atoms with Crippen LogP contribution in [-0.2, 0) is 0 Å². The third kappa shape index (κ3) is 2.34. The van der Waals surface area contributed by atoms with Crippen LogP contribution in [0.1, 0.15) is 64.0 Å². The van der Waals surface area contributed by atoms with Crippen LogP contribution < -0.4 is 10.6 Å². The van der Waals surface area contributed by atoms with Crippen molar-refractivity contribution < 1.29 is 0 Å². The Morgan fingerprint density at radius 3 is 1.25 bits per heavy atom. The van der Waals surface area contributed by atoms with Gasteiger partial charge >= 0.3 is 0 Å². The van der Waals surface area contributed by atoms with Crippen LogP contribution in [0.5, 0.6) is 0 Å². The first-order chi connectivity index (χ1) is 11.2. The lowest BCUT2D eigenvalue weighted by molar-refractivity contribution is 0.715. The molecule has 2 heterocycles. The molecule has 0 unspecified atom stereocenters. The van der Waals surface area contributed by atoms with E-state index in [1.54, 1.807) is 21.7 Å². The zero-order chi connectivity index (χ0) is 17.3. The molecule has 2 aromatic carbocycles. The monoisotopic (exact) mass is 354 g/mol. The highest BCUT2D eigenvalue weighted by Crippen LogP contribution is 2.81. The smallest absolute Gasteiger partial charge is 0.0205 e. The summed E-state index contributed by atoms with van der Waals surface area (Å²) in [6.45, 7) is 14.7. The maximum Gasteiger partial charge on any atom is 0.0205 e. The van der Waals surface area contributed by atoms with Crippen molar-refractivity contribution in [2.24, 2.45) is 0 Å². The molecule has 2 aliphatic rings. The van der Waals surface area contributed by atoms with Crippen molar-refractivity contribution in [2.45, 2.75) is 63.2 Å². The van der Waals surface area contributed by atoms with Gasteiger partial charge in [-0.1, -0.05) is 106 Å². The largest absolute Gasteiger partial charge is 0.0619 e. The van der Waals surface area contributed by atoms with Gasteiger partial charge in [0.1, 0.15) is 0 Å². The van der Waals surface area contributed by atoms with E-state index in [0.717, 1.165) is 11.3 Å². The molecule has 0 radical (unpaired) electrons. The molecule has 2 aliphatic heterocycles. The van der Waals surface area contributed by atoms with Gasteiger partial charge in [-0.05, 0) is 32.0 Å². The quantitative estimate of drug-likeness (QED) is 0.527. The molecule has 2 aromatic rings. The van der Waals surface area contributed by atoms with Gasteiger partial charge in [0, 0.05) is 11.3 Å². The summed E-state index contributed by atoms with van der Waals surface area (Å²) in [6.07, 6.45) is 0. The molecule has 0 amide bonds. The number of hydrogen-bond donors (Lipinski definition) is 0. The van der Waals surface area contributed by atoms with E-state index >= 15 is 0 Å². The van der Waals surface area contributed by atoms with Crippen LogP contribution in [0.3, 0.4) is 0 Å². The zero-order valence-corrected chi connectivity index (χ0v) is 17.5. The van der Waals surface area contributed by atoms with E-state index in [4.69, 9.17) is 0 Å². The lowest BCUT2D eigenvalue weighted by Gasteiger charge is -2.58. The first kappa shape index (κ1) is 16.8. The summed E-state index contributed by atoms with van der Waals surface area (Å²) in [5, 5.41) is 4.10. The predicted molar refractivity (Wildman–Crippen MR) is 111 cm³/mol. The van der Waals surface area contributed by atoms with E-state index in [1.165, 1.54) is 0 Å². The van der Waals surface area contributed by atoms with Crippen molar-refractivity contribution >= 4 is 26.5 Å². The summed E-state index contributed by atoms with van der Waals surface area (Å²) in [7, 11) is -0.188. The average molecular weight is 354 g/mol. The molecule has 0 N–H and O–H groups in total. The molecule has 2 heteroatoms. The van der Waals surface area contributed by atoms with Crippen molar-refractivity contribution in [2.75, 3.05) is 0 Å². The normalized spacial score (nSPS) is 28.4. The third-order valence-electron chi connectivity index (χ3n) is 5.33. The highest BCUT2D eigenvalue weighted by atomic mass is 31.1. The molecule has 126 valence electrons. The van der Waals surface area contributed by atoms with Gasteiger partial charge in [0.05, 0.1) is 0 Å². The zero-order valence-electron chi connectivity index (χ0n) is 15.7. The van der Waals surface area contributed by atoms with E-state index < -0.39 is 0 Å². The lowest BCUT2D eigenvalue weighted by Crippen LogP contribution is -2.44. The summed E-state index contributed by atoms with van der Waals surface area (Å²) < 4.78 is 0. The Balaban J connectivity index is 1.83. The Hall–Kier alpha value is -0.700. The Morgan fingerprint density at radius 1 is 0.583 bits per heavy atom. The second-order valence-electron chi connectivity index (χ2n) is 9.09. The molecule has 0 saturated carbocycles. The maximum atomic E-state index is 2.45. The van der Waals surface area contributed by atoms with Crippen molar-refractivity contribution in [1.82, 2.24) is 0 Å². The molecule has 0 aromatic heterocycles. The number of benzene rings is 2. The molecule has 4 atom stereocenters. The summed E-state index contributed by atoms with van der Waals surface area (Å²) >= 11 is 0. The van der Waals surface area contributed by atoms with Gasteiger partial charge in [-0.2, -0.15) is 0 Å². The standard InChI is InChI=1S/C22H28P2/c1-21(2,3)23-17-13-9-7-11-15(17)19(23)20-16-12-8-10-14-18(16)24(20)22(4,5)6/h7-14,19-20H,1-6H3/t19-,20-,23-,24-/m1/s1. The Labute approximate surface area is 149 Å². The van der Waals surface area contributed by atoms with E-state index in [2.05, 4.69) is 90.1 Å². The average Bonchev–Trinajstić information content (AvgIpc) is 2.42. The van der Waals surface area contributed by atoms with Crippen LogP contribution in [-0.4, -0.2) is 10.3 Å². The molecule has 0 fully saturated rings. The Morgan fingerprint density at radius 2 is 0.917 bits per heavy atom. The summed E-state index contributed by atoms with van der Waals surface area (Å²) in [6, 6.07) is 18.5. The van der Waals surface area contributed by atoms with E-state index in [-0.39, 0.29) is 15.8 Å². The minimum Gasteiger partial charge on any atom is -0.0619 e. The second kappa shape index (κ2) is 5.40. The molecule has 0 nitrogen and oxygen atoms in total. The lowest BCUT2D eigenvalue weighted by atomic mass is 10.0.